The number of piperazine rings is 1. The maximum Gasteiger partial charge on any atom is 0.409 e. The van der Waals surface area contributed by atoms with Gasteiger partial charge in [0.2, 0.25) is 0 Å². The molecule has 0 aliphatic carbocycles. The van der Waals surface area contributed by atoms with Gasteiger partial charge in [-0.2, -0.15) is 0 Å². The summed E-state index contributed by atoms with van der Waals surface area (Å²) in [6.45, 7) is 4.92. The largest absolute Gasteiger partial charge is 0.450 e. The fraction of sp³-hybridized carbons (Fsp3) is 0.667. The van der Waals surface area contributed by atoms with Gasteiger partial charge in [0.05, 0.1) is 19.3 Å². The maximum atomic E-state index is 12.3. The number of amides is 2. The predicted octanol–water partition coefficient (Wildman–Crippen LogP) is -0.849. The van der Waals surface area contributed by atoms with E-state index in [0.29, 0.717) is 51.6 Å². The lowest BCUT2D eigenvalue weighted by atomic mass is 10.3. The minimum Gasteiger partial charge on any atom is -0.450 e. The molecule has 0 unspecified atom stereocenters. The van der Waals surface area contributed by atoms with Gasteiger partial charge in [-0.3, -0.25) is 9.48 Å². The summed E-state index contributed by atoms with van der Waals surface area (Å²) in [5.41, 5.74) is 5.72. The van der Waals surface area contributed by atoms with E-state index in [4.69, 9.17) is 10.5 Å². The summed E-state index contributed by atoms with van der Waals surface area (Å²) in [5.74, 6) is -0.179. The molecule has 2 rings (SSSR count). The van der Waals surface area contributed by atoms with Crippen molar-refractivity contribution in [3.05, 3.63) is 11.9 Å². The molecule has 0 spiro atoms. The molecule has 9 nitrogen and oxygen atoms in total. The van der Waals surface area contributed by atoms with E-state index in [9.17, 15) is 9.59 Å². The molecule has 1 aliphatic rings. The van der Waals surface area contributed by atoms with Crippen LogP contribution in [0, 0.1) is 0 Å². The third kappa shape index (κ3) is 3.69. The summed E-state index contributed by atoms with van der Waals surface area (Å²) in [4.78, 5) is 27.1. The van der Waals surface area contributed by atoms with Crippen molar-refractivity contribution in [3.8, 4) is 0 Å². The van der Waals surface area contributed by atoms with Gasteiger partial charge in [-0.05, 0) is 6.92 Å². The summed E-state index contributed by atoms with van der Waals surface area (Å²) in [6, 6.07) is 0. The smallest absolute Gasteiger partial charge is 0.409 e. The second kappa shape index (κ2) is 7.02. The average Bonchev–Trinajstić information content (AvgIpc) is 2.96. The molecule has 1 saturated heterocycles. The highest BCUT2D eigenvalue weighted by atomic mass is 16.6. The van der Waals surface area contributed by atoms with Gasteiger partial charge in [0, 0.05) is 32.7 Å². The lowest BCUT2D eigenvalue weighted by Crippen LogP contribution is -2.50. The Bertz CT molecular complexity index is 495. The Morgan fingerprint density at radius 3 is 2.57 bits per heavy atom. The van der Waals surface area contributed by atoms with Crippen LogP contribution in [0.2, 0.25) is 0 Å². The fourth-order valence-electron chi connectivity index (χ4n) is 2.11. The first-order chi connectivity index (χ1) is 10.2. The molecular formula is C12H20N6O3. The quantitative estimate of drug-likeness (QED) is 0.775. The first-order valence-electron chi connectivity index (χ1n) is 6.97. The normalized spacial score (nSPS) is 15.1. The third-order valence-electron chi connectivity index (χ3n) is 3.21. The minimum absolute atomic E-state index is 0.179. The second-order valence-corrected chi connectivity index (χ2v) is 4.63. The van der Waals surface area contributed by atoms with E-state index in [0.717, 1.165) is 0 Å². The van der Waals surface area contributed by atoms with Gasteiger partial charge in [-0.1, -0.05) is 5.21 Å². The number of hydrogen-bond donors (Lipinski definition) is 1. The van der Waals surface area contributed by atoms with E-state index < -0.39 is 0 Å². The lowest BCUT2D eigenvalue weighted by Gasteiger charge is -2.33. The van der Waals surface area contributed by atoms with Crippen molar-refractivity contribution in [3.63, 3.8) is 0 Å². The van der Waals surface area contributed by atoms with Crippen LogP contribution in [0.25, 0.3) is 0 Å². The highest BCUT2D eigenvalue weighted by molar-refractivity contribution is 5.92. The molecule has 2 amide bonds. The monoisotopic (exact) mass is 296 g/mol. The zero-order chi connectivity index (χ0) is 15.2. The van der Waals surface area contributed by atoms with Crippen LogP contribution < -0.4 is 5.73 Å². The van der Waals surface area contributed by atoms with Crippen molar-refractivity contribution in [1.29, 1.82) is 0 Å². The molecule has 0 bridgehead atoms. The van der Waals surface area contributed by atoms with Crippen molar-refractivity contribution in [2.75, 3.05) is 39.3 Å². The maximum absolute atomic E-state index is 12.3. The molecule has 1 aliphatic heterocycles. The van der Waals surface area contributed by atoms with Gasteiger partial charge in [0.1, 0.15) is 0 Å². The predicted molar refractivity (Wildman–Crippen MR) is 73.6 cm³/mol. The van der Waals surface area contributed by atoms with E-state index in [-0.39, 0.29) is 12.0 Å². The van der Waals surface area contributed by atoms with Gasteiger partial charge in [0.15, 0.2) is 5.69 Å². The number of aromatic nitrogens is 3. The molecule has 1 aromatic rings. The molecule has 0 atom stereocenters. The standard InChI is InChI=1S/C12H20N6O3/c1-2-21-12(20)17-7-5-16(6-8-17)11(19)10-9-18(4-3-13)15-14-10/h9H,2-8,13H2,1H3. The van der Waals surface area contributed by atoms with Crippen LogP contribution in [0.5, 0.6) is 0 Å². The Balaban J connectivity index is 1.89. The summed E-state index contributed by atoms with van der Waals surface area (Å²) >= 11 is 0. The Morgan fingerprint density at radius 2 is 1.95 bits per heavy atom. The number of carbonyl (C=O) groups is 2. The second-order valence-electron chi connectivity index (χ2n) is 4.63. The van der Waals surface area contributed by atoms with Crippen LogP contribution in [0.1, 0.15) is 17.4 Å². The van der Waals surface area contributed by atoms with Crippen LogP contribution in [-0.4, -0.2) is 76.1 Å². The molecule has 116 valence electrons. The zero-order valence-corrected chi connectivity index (χ0v) is 12.1. The number of nitrogens with two attached hydrogens (primary N) is 1. The molecule has 0 aromatic carbocycles. The highest BCUT2D eigenvalue weighted by Crippen LogP contribution is 2.08. The molecule has 0 saturated carbocycles. The van der Waals surface area contributed by atoms with E-state index in [2.05, 4.69) is 10.3 Å². The Kier molecular flexibility index (Phi) is 5.09. The number of ether oxygens (including phenoxy) is 1. The Morgan fingerprint density at radius 1 is 1.29 bits per heavy atom. The van der Waals surface area contributed by atoms with Crippen molar-refractivity contribution < 1.29 is 14.3 Å². The average molecular weight is 296 g/mol. The van der Waals surface area contributed by atoms with Crippen LogP contribution in [0.3, 0.4) is 0 Å². The van der Waals surface area contributed by atoms with Crippen LogP contribution in [-0.2, 0) is 11.3 Å². The van der Waals surface area contributed by atoms with E-state index in [1.807, 2.05) is 0 Å². The first kappa shape index (κ1) is 15.2. The minimum atomic E-state index is -0.335. The number of rotatable bonds is 4. The van der Waals surface area contributed by atoms with Crippen LogP contribution >= 0.6 is 0 Å². The van der Waals surface area contributed by atoms with E-state index in [1.165, 1.54) is 0 Å². The molecule has 1 aromatic heterocycles. The van der Waals surface area contributed by atoms with Crippen molar-refractivity contribution in [1.82, 2.24) is 24.8 Å². The summed E-state index contributed by atoms with van der Waals surface area (Å²) in [5, 5.41) is 7.70. The topological polar surface area (TPSA) is 107 Å². The van der Waals surface area contributed by atoms with Crippen molar-refractivity contribution >= 4 is 12.0 Å². The van der Waals surface area contributed by atoms with Gasteiger partial charge in [-0.25, -0.2) is 4.79 Å². The van der Waals surface area contributed by atoms with Gasteiger partial charge in [-0.15, -0.1) is 5.10 Å². The Hall–Kier alpha value is -2.16. The van der Waals surface area contributed by atoms with E-state index >= 15 is 0 Å². The zero-order valence-electron chi connectivity index (χ0n) is 12.1. The fourth-order valence-corrected chi connectivity index (χ4v) is 2.11. The number of carbonyl (C=O) groups excluding carboxylic acids is 2. The molecule has 21 heavy (non-hydrogen) atoms. The van der Waals surface area contributed by atoms with Gasteiger partial charge >= 0.3 is 6.09 Å². The molecule has 1 fully saturated rings. The molecule has 9 heteroatoms. The number of hydrogen-bond acceptors (Lipinski definition) is 6. The summed E-state index contributed by atoms with van der Waals surface area (Å²) < 4.78 is 6.48. The summed E-state index contributed by atoms with van der Waals surface area (Å²) in [7, 11) is 0. The summed E-state index contributed by atoms with van der Waals surface area (Å²) in [6.07, 6.45) is 1.26. The first-order valence-corrected chi connectivity index (χ1v) is 6.97. The lowest BCUT2D eigenvalue weighted by molar-refractivity contribution is 0.0566. The molecule has 2 heterocycles. The van der Waals surface area contributed by atoms with E-state index in [1.54, 1.807) is 27.6 Å². The van der Waals surface area contributed by atoms with Crippen LogP contribution in [0.4, 0.5) is 4.79 Å². The van der Waals surface area contributed by atoms with Gasteiger partial charge in [0.25, 0.3) is 5.91 Å². The highest BCUT2D eigenvalue weighted by Gasteiger charge is 2.26. The van der Waals surface area contributed by atoms with Gasteiger partial charge < -0.3 is 20.3 Å². The SMILES string of the molecule is CCOC(=O)N1CCN(C(=O)c2cn(CCN)nn2)CC1. The molecule has 0 radical (unpaired) electrons. The Labute approximate surface area is 122 Å². The molecule has 2 N–H and O–H groups in total. The van der Waals surface area contributed by atoms with Crippen molar-refractivity contribution in [2.24, 2.45) is 5.73 Å². The number of nitrogens with zero attached hydrogens (tertiary/aromatic N) is 5. The van der Waals surface area contributed by atoms with Crippen molar-refractivity contribution in [2.45, 2.75) is 13.5 Å². The van der Waals surface area contributed by atoms with Crippen LogP contribution in [0.15, 0.2) is 6.20 Å². The molecular weight excluding hydrogens is 276 g/mol. The third-order valence-corrected chi connectivity index (χ3v) is 3.21.